The summed E-state index contributed by atoms with van der Waals surface area (Å²) in [7, 11) is -1.01. The highest BCUT2D eigenvalue weighted by Crippen LogP contribution is 2.58. The molecular weight excluding hydrogens is 336 g/mol. The average Bonchev–Trinajstić information content (AvgIpc) is 2.41. The van der Waals surface area contributed by atoms with Crippen molar-refractivity contribution < 1.29 is 18.1 Å². The Bertz CT molecular complexity index is 406. The molecule has 0 saturated heterocycles. The van der Waals surface area contributed by atoms with E-state index in [1.54, 1.807) is 14.2 Å². The smallest absolute Gasteiger partial charge is 0.402 e. The van der Waals surface area contributed by atoms with Crippen LogP contribution in [0.15, 0.2) is 0 Å². The molecule has 0 spiro atoms. The van der Waals surface area contributed by atoms with Gasteiger partial charge in [0.15, 0.2) is 0 Å². The molecule has 0 fully saturated rings. The Morgan fingerprint density at radius 1 is 0.958 bits per heavy atom. The Hall–Kier alpha value is -0.176. The molecule has 0 aromatic carbocycles. The first-order chi connectivity index (χ1) is 10.7. The van der Waals surface area contributed by atoms with E-state index in [1.165, 1.54) is 0 Å². The van der Waals surface area contributed by atoms with Crippen LogP contribution in [-0.2, 0) is 18.1 Å². The number of hydrogen-bond donors (Lipinski definition) is 0. The molecule has 1 atom stereocenters. The van der Waals surface area contributed by atoms with Crippen LogP contribution in [0.2, 0.25) is 20.7 Å². The first kappa shape index (κ1) is 23.8. The monoisotopic (exact) mass is 375 g/mol. The quantitative estimate of drug-likeness (QED) is 0.556. The highest BCUT2D eigenvalue weighted by molar-refractivity contribution is 6.82. The maximum absolute atomic E-state index is 13.3. The van der Waals surface area contributed by atoms with E-state index in [-0.39, 0.29) is 16.0 Å². The van der Waals surface area contributed by atoms with Crippen LogP contribution < -0.4 is 0 Å². The lowest BCUT2D eigenvalue weighted by atomic mass is 10.1. The molecule has 143 valence electrons. The van der Waals surface area contributed by atoms with Crippen molar-refractivity contribution in [3.8, 4) is 0 Å². The minimum atomic E-state index is -2.48. The van der Waals surface area contributed by atoms with Gasteiger partial charge in [0.1, 0.15) is 5.04 Å². The summed E-state index contributed by atoms with van der Waals surface area (Å²) in [5, 5.41) is -0.870. The van der Waals surface area contributed by atoms with Gasteiger partial charge in [-0.15, -0.1) is 0 Å². The zero-order valence-corrected chi connectivity index (χ0v) is 19.9. The van der Waals surface area contributed by atoms with Gasteiger partial charge in [0.25, 0.3) is 14.3 Å². The van der Waals surface area contributed by atoms with E-state index in [4.69, 9.17) is 13.3 Å². The van der Waals surface area contributed by atoms with Gasteiger partial charge in [-0.3, -0.25) is 4.79 Å². The molecule has 0 saturated carbocycles. The highest BCUT2D eigenvalue weighted by atomic mass is 28.4. The second-order valence-corrected chi connectivity index (χ2v) is 17.5. The molecule has 0 amide bonds. The zero-order chi connectivity index (χ0) is 19.6. The fraction of sp³-hybridized carbons (Fsp3) is 0.944. The lowest BCUT2D eigenvalue weighted by Gasteiger charge is -2.53. The van der Waals surface area contributed by atoms with Crippen LogP contribution in [0.4, 0.5) is 0 Å². The Kier molecular flexibility index (Phi) is 7.96. The van der Waals surface area contributed by atoms with E-state index >= 15 is 0 Å². The zero-order valence-electron chi connectivity index (χ0n) is 17.9. The number of hydrogen-bond acceptors (Lipinski definition) is 4. The number of carbonyl (C=O) groups is 1. The summed E-state index contributed by atoms with van der Waals surface area (Å²) >= 11 is 0. The second-order valence-electron chi connectivity index (χ2n) is 9.16. The van der Waals surface area contributed by atoms with Crippen molar-refractivity contribution in [1.82, 2.24) is 0 Å². The summed E-state index contributed by atoms with van der Waals surface area (Å²) < 4.78 is 17.6. The van der Waals surface area contributed by atoms with Crippen molar-refractivity contribution in [2.45, 2.75) is 96.3 Å². The molecule has 0 aromatic rings. The lowest BCUT2D eigenvalue weighted by molar-refractivity contribution is -0.140. The Morgan fingerprint density at radius 3 is 1.54 bits per heavy atom. The van der Waals surface area contributed by atoms with Crippen molar-refractivity contribution in [2.75, 3.05) is 14.2 Å². The Labute approximate surface area is 152 Å². The first-order valence-electron chi connectivity index (χ1n) is 8.84. The van der Waals surface area contributed by atoms with E-state index in [1.807, 2.05) is 13.8 Å². The fourth-order valence-electron chi connectivity index (χ4n) is 4.45. The largest absolute Gasteiger partial charge is 0.517 e. The number of rotatable bonds is 7. The molecule has 0 aromatic heterocycles. The summed E-state index contributed by atoms with van der Waals surface area (Å²) in [5.41, 5.74) is 0.309. The van der Waals surface area contributed by atoms with Gasteiger partial charge in [-0.1, -0.05) is 62.3 Å². The van der Waals surface area contributed by atoms with Crippen LogP contribution in [0.1, 0.15) is 75.7 Å². The molecule has 1 unspecified atom stereocenters. The van der Waals surface area contributed by atoms with Crippen LogP contribution in [0, 0.1) is 0 Å². The van der Waals surface area contributed by atoms with Crippen molar-refractivity contribution in [3.05, 3.63) is 0 Å². The van der Waals surface area contributed by atoms with Crippen LogP contribution in [0.3, 0.4) is 0 Å². The van der Waals surface area contributed by atoms with Crippen molar-refractivity contribution in [1.29, 1.82) is 0 Å². The van der Waals surface area contributed by atoms with E-state index < -0.39 is 22.6 Å². The van der Waals surface area contributed by atoms with Gasteiger partial charge < -0.3 is 13.3 Å². The third-order valence-electron chi connectivity index (χ3n) is 5.27. The van der Waals surface area contributed by atoms with Crippen LogP contribution in [-0.4, -0.2) is 37.8 Å². The molecule has 24 heavy (non-hydrogen) atoms. The highest BCUT2D eigenvalue weighted by Gasteiger charge is 2.61. The van der Waals surface area contributed by atoms with E-state index in [0.717, 1.165) is 0 Å². The normalized spacial score (nSPS) is 16.4. The molecule has 0 aliphatic heterocycles. The third-order valence-corrected chi connectivity index (χ3v) is 14.1. The SMILES string of the molecule is CCC(C)(C(=O)O[Si](C(C)C)(C(C)(C)C)C(C)(C)C)[Si](OC)OC. The van der Waals surface area contributed by atoms with Gasteiger partial charge in [0.05, 0.1) is 0 Å². The molecule has 1 radical (unpaired) electrons. The van der Waals surface area contributed by atoms with Gasteiger partial charge in [0, 0.05) is 14.2 Å². The van der Waals surface area contributed by atoms with Gasteiger partial charge in [-0.25, -0.2) is 0 Å². The van der Waals surface area contributed by atoms with Crippen LogP contribution in [0.25, 0.3) is 0 Å². The van der Waals surface area contributed by atoms with E-state index in [0.29, 0.717) is 12.0 Å². The van der Waals surface area contributed by atoms with E-state index in [2.05, 4.69) is 55.4 Å². The number of carbonyl (C=O) groups excluding carboxylic acids is 1. The van der Waals surface area contributed by atoms with Gasteiger partial charge in [0.2, 0.25) is 0 Å². The maximum Gasteiger partial charge on any atom is 0.402 e. The minimum absolute atomic E-state index is 0.0726. The Balaban J connectivity index is 6.12. The van der Waals surface area contributed by atoms with Crippen LogP contribution >= 0.6 is 0 Å². The standard InChI is InChI=1S/C18H39O4Si2/c1-13-18(10,23(20-11)21-12)15(19)22-24(14(2)3,16(4,5)6)17(7,8)9/h14H,13H2,1-12H3. The molecule has 0 bridgehead atoms. The molecule has 0 aliphatic rings. The molecule has 0 N–H and O–H groups in total. The molecule has 0 heterocycles. The van der Waals surface area contributed by atoms with Crippen LogP contribution in [0.5, 0.6) is 0 Å². The minimum Gasteiger partial charge on any atom is -0.517 e. The lowest BCUT2D eigenvalue weighted by Crippen LogP contribution is -2.59. The maximum atomic E-state index is 13.3. The predicted octanol–water partition coefficient (Wildman–Crippen LogP) is 5.44. The van der Waals surface area contributed by atoms with Crippen molar-refractivity contribution >= 4 is 23.6 Å². The Morgan fingerprint density at radius 2 is 1.33 bits per heavy atom. The van der Waals surface area contributed by atoms with E-state index in [9.17, 15) is 4.79 Å². The molecule has 6 heteroatoms. The summed E-state index contributed by atoms with van der Waals surface area (Å²) in [6.45, 7) is 21.5. The topological polar surface area (TPSA) is 44.8 Å². The summed E-state index contributed by atoms with van der Waals surface area (Å²) in [6.07, 6.45) is 0.638. The summed E-state index contributed by atoms with van der Waals surface area (Å²) in [5.74, 6) is -0.159. The molecular formula is C18H39O4Si2. The predicted molar refractivity (Wildman–Crippen MR) is 105 cm³/mol. The molecule has 0 rings (SSSR count). The van der Waals surface area contributed by atoms with Gasteiger partial charge in [-0.05, 0) is 29.0 Å². The van der Waals surface area contributed by atoms with Crippen molar-refractivity contribution in [2.24, 2.45) is 0 Å². The summed E-state index contributed by atoms with van der Waals surface area (Å²) in [4.78, 5) is 13.3. The van der Waals surface area contributed by atoms with Crippen molar-refractivity contribution in [3.63, 3.8) is 0 Å². The molecule has 4 nitrogen and oxygen atoms in total. The van der Waals surface area contributed by atoms with Gasteiger partial charge in [-0.2, -0.15) is 0 Å². The van der Waals surface area contributed by atoms with Gasteiger partial charge >= 0.3 is 9.28 Å². The fourth-order valence-corrected chi connectivity index (χ4v) is 13.2. The average molecular weight is 376 g/mol. The first-order valence-corrected chi connectivity index (χ1v) is 12.1. The second kappa shape index (κ2) is 8.02. The third kappa shape index (κ3) is 4.14. The summed E-state index contributed by atoms with van der Waals surface area (Å²) in [6, 6.07) is 0. The molecule has 0 aliphatic carbocycles.